The van der Waals surface area contributed by atoms with Crippen LogP contribution in [0, 0.1) is 0 Å². The third kappa shape index (κ3) is 5.74. The summed E-state index contributed by atoms with van der Waals surface area (Å²) in [4.78, 5) is -0.184. The van der Waals surface area contributed by atoms with E-state index in [2.05, 4.69) is 17.6 Å². The number of hydrogen-bond donors (Lipinski definition) is 2. The monoisotopic (exact) mass is 334 g/mol. The van der Waals surface area contributed by atoms with Crippen molar-refractivity contribution in [2.75, 3.05) is 10.6 Å². The largest absolute Gasteiger partial charge is 1.00 e. The molecule has 0 spiro atoms. The fourth-order valence-electron chi connectivity index (χ4n) is 2.61. The van der Waals surface area contributed by atoms with Crippen LogP contribution in [0.4, 0.5) is 11.4 Å². The van der Waals surface area contributed by atoms with Crippen LogP contribution in [0.15, 0.2) is 23.1 Å². The molecule has 2 N–H and O–H groups in total. The molecule has 1 aromatic rings. The van der Waals surface area contributed by atoms with E-state index in [0.717, 1.165) is 18.5 Å². The Bertz CT molecular complexity index is 578. The van der Waals surface area contributed by atoms with Crippen LogP contribution in [0.1, 0.15) is 51.9 Å². The maximum absolute atomic E-state index is 11.0. The molecular formula is C15H23N2NaO3S. The average molecular weight is 334 g/mol. The first-order valence-electron chi connectivity index (χ1n) is 7.63. The molecule has 0 saturated heterocycles. The minimum Gasteiger partial charge on any atom is -0.744 e. The van der Waals surface area contributed by atoms with Crippen molar-refractivity contribution in [3.8, 4) is 0 Å². The Morgan fingerprint density at radius 3 is 2.36 bits per heavy atom. The van der Waals surface area contributed by atoms with E-state index < -0.39 is 10.1 Å². The van der Waals surface area contributed by atoms with Crippen LogP contribution < -0.4 is 40.2 Å². The molecule has 7 heteroatoms. The molecule has 5 nitrogen and oxygen atoms in total. The maximum Gasteiger partial charge on any atom is 1.00 e. The first kappa shape index (κ1) is 19.8. The van der Waals surface area contributed by atoms with Gasteiger partial charge in [0.1, 0.15) is 10.1 Å². The van der Waals surface area contributed by atoms with E-state index >= 15 is 0 Å². The summed E-state index contributed by atoms with van der Waals surface area (Å²) in [5, 5.41) is 6.54. The Labute approximate surface area is 155 Å². The van der Waals surface area contributed by atoms with E-state index in [-0.39, 0.29) is 40.6 Å². The third-order valence-corrected chi connectivity index (χ3v) is 4.62. The minimum atomic E-state index is -4.39. The zero-order valence-electron chi connectivity index (χ0n) is 13.4. The van der Waals surface area contributed by atoms with Crippen LogP contribution >= 0.6 is 0 Å². The predicted octanol–water partition coefficient (Wildman–Crippen LogP) is 0.509. The van der Waals surface area contributed by atoms with Crippen LogP contribution in [0.5, 0.6) is 0 Å². The van der Waals surface area contributed by atoms with Gasteiger partial charge in [0.15, 0.2) is 0 Å². The number of unbranched alkanes of at least 4 members (excludes halogenated alkanes) is 5. The van der Waals surface area contributed by atoms with Gasteiger partial charge < -0.3 is 15.2 Å². The Morgan fingerprint density at radius 1 is 1.05 bits per heavy atom. The number of rotatable bonds is 8. The smallest absolute Gasteiger partial charge is 0.744 e. The van der Waals surface area contributed by atoms with Crippen molar-refractivity contribution in [1.82, 2.24) is 0 Å². The van der Waals surface area contributed by atoms with Gasteiger partial charge in [0.05, 0.1) is 22.4 Å². The standard InChI is InChI=1S/C15H24N2O3S.Na/c1-2-3-4-5-6-7-8-15-16-13-10-9-12(21(18,19)20)11-14(13)17-15;/h9-11,15-17H,2-8H2,1H3,(H,18,19,20);/q;+1/p-1. The molecule has 0 radical (unpaired) electrons. The first-order chi connectivity index (χ1) is 10.0. The molecule has 2 rings (SSSR count). The first-order valence-corrected chi connectivity index (χ1v) is 9.04. The van der Waals surface area contributed by atoms with Gasteiger partial charge in [0.2, 0.25) is 0 Å². The Balaban J connectivity index is 0.00000242. The normalized spacial score (nSPS) is 16.4. The Morgan fingerprint density at radius 2 is 1.68 bits per heavy atom. The molecule has 1 unspecified atom stereocenters. The summed E-state index contributed by atoms with van der Waals surface area (Å²) in [7, 11) is -4.39. The molecular weight excluding hydrogens is 311 g/mol. The van der Waals surface area contributed by atoms with Crippen LogP contribution in [-0.4, -0.2) is 19.1 Å². The minimum absolute atomic E-state index is 0. The van der Waals surface area contributed by atoms with E-state index in [0.29, 0.717) is 5.69 Å². The van der Waals surface area contributed by atoms with Gasteiger partial charge in [-0.3, -0.25) is 0 Å². The van der Waals surface area contributed by atoms with Gasteiger partial charge in [0, 0.05) is 0 Å². The quantitative estimate of drug-likeness (QED) is 0.411. The maximum atomic E-state index is 11.0. The van der Waals surface area contributed by atoms with Crippen molar-refractivity contribution in [3.63, 3.8) is 0 Å². The Kier molecular flexibility index (Phi) is 8.21. The third-order valence-electron chi connectivity index (χ3n) is 3.79. The number of anilines is 2. The molecule has 0 fully saturated rings. The molecule has 1 aliphatic heterocycles. The van der Waals surface area contributed by atoms with Gasteiger partial charge in [-0.2, -0.15) is 0 Å². The number of benzene rings is 1. The van der Waals surface area contributed by atoms with Gasteiger partial charge in [0.25, 0.3) is 0 Å². The molecule has 1 aliphatic rings. The van der Waals surface area contributed by atoms with Crippen molar-refractivity contribution in [2.24, 2.45) is 0 Å². The van der Waals surface area contributed by atoms with Gasteiger partial charge in [-0.25, -0.2) is 8.42 Å². The van der Waals surface area contributed by atoms with Crippen LogP contribution in [0.3, 0.4) is 0 Å². The molecule has 0 amide bonds. The van der Waals surface area contributed by atoms with Crippen LogP contribution in [-0.2, 0) is 10.1 Å². The van der Waals surface area contributed by atoms with Crippen molar-refractivity contribution < 1.29 is 42.5 Å². The van der Waals surface area contributed by atoms with Gasteiger partial charge in [-0.1, -0.05) is 39.0 Å². The van der Waals surface area contributed by atoms with Gasteiger partial charge in [-0.15, -0.1) is 0 Å². The van der Waals surface area contributed by atoms with Crippen molar-refractivity contribution in [2.45, 2.75) is 62.9 Å². The van der Waals surface area contributed by atoms with E-state index in [4.69, 9.17) is 0 Å². The Hall–Kier alpha value is -0.270. The van der Waals surface area contributed by atoms with Crippen molar-refractivity contribution in [3.05, 3.63) is 18.2 Å². The molecule has 0 bridgehead atoms. The van der Waals surface area contributed by atoms with E-state index in [9.17, 15) is 13.0 Å². The fraction of sp³-hybridized carbons (Fsp3) is 0.600. The molecule has 118 valence electrons. The molecule has 1 heterocycles. The second-order valence-corrected chi connectivity index (χ2v) is 6.94. The van der Waals surface area contributed by atoms with Gasteiger partial charge in [-0.05, 0) is 31.0 Å². The second kappa shape index (κ2) is 9.13. The second-order valence-electron chi connectivity index (χ2n) is 5.56. The van der Waals surface area contributed by atoms with E-state index in [1.807, 2.05) is 0 Å². The molecule has 1 aromatic carbocycles. The summed E-state index contributed by atoms with van der Waals surface area (Å²) < 4.78 is 33.0. The molecule has 0 aliphatic carbocycles. The summed E-state index contributed by atoms with van der Waals surface area (Å²) in [6.07, 6.45) is 8.59. The summed E-state index contributed by atoms with van der Waals surface area (Å²) in [5.41, 5.74) is 1.56. The number of hydrogen-bond acceptors (Lipinski definition) is 5. The summed E-state index contributed by atoms with van der Waals surface area (Å²) in [6.45, 7) is 2.21. The number of nitrogens with one attached hydrogen (secondary N) is 2. The molecule has 0 aromatic heterocycles. The average Bonchev–Trinajstić information content (AvgIpc) is 2.83. The zero-order chi connectivity index (χ0) is 15.3. The number of fused-ring (bicyclic) bond motifs is 1. The van der Waals surface area contributed by atoms with Crippen molar-refractivity contribution in [1.29, 1.82) is 0 Å². The zero-order valence-corrected chi connectivity index (χ0v) is 16.2. The molecule has 0 saturated carbocycles. The molecule has 22 heavy (non-hydrogen) atoms. The summed E-state index contributed by atoms with van der Waals surface area (Å²) in [5.74, 6) is 0. The predicted molar refractivity (Wildman–Crippen MR) is 83.4 cm³/mol. The van der Waals surface area contributed by atoms with Crippen LogP contribution in [0.25, 0.3) is 0 Å². The fourth-order valence-corrected chi connectivity index (χ4v) is 3.11. The topological polar surface area (TPSA) is 81.3 Å². The summed E-state index contributed by atoms with van der Waals surface area (Å²) in [6, 6.07) is 4.41. The summed E-state index contributed by atoms with van der Waals surface area (Å²) >= 11 is 0. The SMILES string of the molecule is CCCCCCCCC1Nc2ccc(S(=O)(=O)[O-])cc2N1.[Na+]. The van der Waals surface area contributed by atoms with Crippen molar-refractivity contribution >= 4 is 21.5 Å². The van der Waals surface area contributed by atoms with Crippen LogP contribution in [0.2, 0.25) is 0 Å². The van der Waals surface area contributed by atoms with Gasteiger partial charge >= 0.3 is 29.6 Å². The van der Waals surface area contributed by atoms with E-state index in [1.54, 1.807) is 6.07 Å². The van der Waals surface area contributed by atoms with E-state index in [1.165, 1.54) is 44.2 Å². The molecule has 1 atom stereocenters.